The Morgan fingerprint density at radius 3 is 2.54 bits per heavy atom. The fourth-order valence-electron chi connectivity index (χ4n) is 3.31. The van der Waals surface area contributed by atoms with E-state index in [1.54, 1.807) is 19.2 Å². The molecule has 0 unspecified atom stereocenters. The number of nitrogens with one attached hydrogen (secondary N) is 2. The van der Waals surface area contributed by atoms with E-state index in [2.05, 4.69) is 39.8 Å². The van der Waals surface area contributed by atoms with Crippen molar-refractivity contribution in [1.82, 2.24) is 15.5 Å². The summed E-state index contributed by atoms with van der Waals surface area (Å²) in [4.78, 5) is 25.8. The lowest BCUT2D eigenvalue weighted by atomic mass is 9.89. The number of amides is 2. The predicted molar refractivity (Wildman–Crippen MR) is 98.8 cm³/mol. The molecule has 0 aliphatic carbocycles. The van der Waals surface area contributed by atoms with Crippen LogP contribution in [0, 0.1) is 0 Å². The largest absolute Gasteiger partial charge is 0.454 e. The van der Waals surface area contributed by atoms with Gasteiger partial charge >= 0.3 is 0 Å². The SMILES string of the molecule is CNC(=O)c1ccc(CNC(=O)CN2CCC(c3ccccc3)CC2)o1. The van der Waals surface area contributed by atoms with E-state index in [0.29, 0.717) is 18.2 Å². The van der Waals surface area contributed by atoms with E-state index in [1.807, 2.05) is 6.07 Å². The number of rotatable bonds is 6. The van der Waals surface area contributed by atoms with Crippen LogP contribution >= 0.6 is 0 Å². The average molecular weight is 355 g/mol. The van der Waals surface area contributed by atoms with Crippen LogP contribution in [0.3, 0.4) is 0 Å². The van der Waals surface area contributed by atoms with Crippen molar-refractivity contribution >= 4 is 11.8 Å². The maximum Gasteiger partial charge on any atom is 0.286 e. The lowest BCUT2D eigenvalue weighted by molar-refractivity contribution is -0.122. The minimum Gasteiger partial charge on any atom is -0.454 e. The lowest BCUT2D eigenvalue weighted by Crippen LogP contribution is -2.40. The Bertz CT molecular complexity index is 734. The smallest absolute Gasteiger partial charge is 0.286 e. The van der Waals surface area contributed by atoms with E-state index >= 15 is 0 Å². The third-order valence-corrected chi connectivity index (χ3v) is 4.80. The van der Waals surface area contributed by atoms with Crippen LogP contribution in [0.15, 0.2) is 46.9 Å². The summed E-state index contributed by atoms with van der Waals surface area (Å²) in [6, 6.07) is 13.9. The van der Waals surface area contributed by atoms with Gasteiger partial charge in [0.2, 0.25) is 5.91 Å². The molecule has 0 bridgehead atoms. The summed E-state index contributed by atoms with van der Waals surface area (Å²) in [5.41, 5.74) is 1.39. The van der Waals surface area contributed by atoms with Gasteiger partial charge in [-0.2, -0.15) is 0 Å². The third kappa shape index (κ3) is 4.73. The summed E-state index contributed by atoms with van der Waals surface area (Å²) in [6.45, 7) is 2.53. The van der Waals surface area contributed by atoms with Crippen LogP contribution in [-0.2, 0) is 11.3 Å². The summed E-state index contributed by atoms with van der Waals surface area (Å²) in [5, 5.41) is 5.36. The highest BCUT2D eigenvalue weighted by Gasteiger charge is 2.21. The second-order valence-corrected chi connectivity index (χ2v) is 6.58. The zero-order chi connectivity index (χ0) is 18.4. The van der Waals surface area contributed by atoms with Gasteiger partial charge in [0.05, 0.1) is 13.1 Å². The standard InChI is InChI=1S/C20H25N3O3/c1-21-20(25)18-8-7-17(26-18)13-22-19(24)14-23-11-9-16(10-12-23)15-5-3-2-4-6-15/h2-8,16H,9-14H2,1H3,(H,21,25)(H,22,24). The average Bonchev–Trinajstić information content (AvgIpc) is 3.16. The normalized spacial score (nSPS) is 15.6. The number of furan rings is 1. The van der Waals surface area contributed by atoms with Crippen LogP contribution in [0.5, 0.6) is 0 Å². The monoisotopic (exact) mass is 355 g/mol. The van der Waals surface area contributed by atoms with Gasteiger partial charge < -0.3 is 15.1 Å². The van der Waals surface area contributed by atoms with Gasteiger partial charge in [0, 0.05) is 7.05 Å². The fourth-order valence-corrected chi connectivity index (χ4v) is 3.31. The van der Waals surface area contributed by atoms with Crippen molar-refractivity contribution in [3.63, 3.8) is 0 Å². The Hall–Kier alpha value is -2.60. The molecule has 2 heterocycles. The van der Waals surface area contributed by atoms with Gasteiger partial charge in [0.1, 0.15) is 5.76 Å². The highest BCUT2D eigenvalue weighted by Crippen LogP contribution is 2.27. The maximum atomic E-state index is 12.2. The maximum absolute atomic E-state index is 12.2. The molecule has 2 amide bonds. The van der Waals surface area contributed by atoms with Crippen LogP contribution in [0.4, 0.5) is 0 Å². The Morgan fingerprint density at radius 2 is 1.85 bits per heavy atom. The number of carbonyl (C=O) groups is 2. The van der Waals surface area contributed by atoms with Crippen molar-refractivity contribution in [2.75, 3.05) is 26.7 Å². The molecule has 0 radical (unpaired) electrons. The first kappa shape index (κ1) is 18.2. The molecular formula is C20H25N3O3. The molecule has 6 heteroatoms. The van der Waals surface area contributed by atoms with Crippen LogP contribution in [0.25, 0.3) is 0 Å². The predicted octanol–water partition coefficient (Wildman–Crippen LogP) is 2.13. The minimum atomic E-state index is -0.274. The molecule has 1 aliphatic heterocycles. The highest BCUT2D eigenvalue weighted by atomic mass is 16.4. The number of hydrogen-bond acceptors (Lipinski definition) is 4. The van der Waals surface area contributed by atoms with Crippen LogP contribution in [0.2, 0.25) is 0 Å². The molecule has 1 saturated heterocycles. The molecule has 2 aromatic rings. The zero-order valence-electron chi connectivity index (χ0n) is 15.0. The van der Waals surface area contributed by atoms with E-state index in [1.165, 1.54) is 5.56 Å². The molecule has 2 N–H and O–H groups in total. The Labute approximate surface area is 153 Å². The summed E-state index contributed by atoms with van der Waals surface area (Å²) in [7, 11) is 1.55. The minimum absolute atomic E-state index is 0.0268. The number of nitrogens with zero attached hydrogens (tertiary/aromatic N) is 1. The first-order valence-electron chi connectivity index (χ1n) is 9.00. The number of carbonyl (C=O) groups excluding carboxylic acids is 2. The second-order valence-electron chi connectivity index (χ2n) is 6.58. The number of benzene rings is 1. The Balaban J connectivity index is 1.40. The Kier molecular flexibility index (Phi) is 6.07. The van der Waals surface area contributed by atoms with E-state index in [4.69, 9.17) is 4.42 Å². The lowest BCUT2D eigenvalue weighted by Gasteiger charge is -2.31. The van der Waals surface area contributed by atoms with Crippen molar-refractivity contribution < 1.29 is 14.0 Å². The molecule has 1 aromatic heterocycles. The van der Waals surface area contributed by atoms with E-state index in [-0.39, 0.29) is 24.1 Å². The zero-order valence-corrected chi connectivity index (χ0v) is 15.0. The molecule has 1 aliphatic rings. The van der Waals surface area contributed by atoms with Gasteiger partial charge in [-0.15, -0.1) is 0 Å². The first-order valence-corrected chi connectivity index (χ1v) is 9.00. The quantitative estimate of drug-likeness (QED) is 0.832. The molecule has 0 spiro atoms. The summed E-state index contributed by atoms with van der Waals surface area (Å²) in [5.74, 6) is 1.10. The van der Waals surface area contributed by atoms with E-state index in [9.17, 15) is 9.59 Å². The molecule has 0 saturated carbocycles. The number of piperidine rings is 1. The van der Waals surface area contributed by atoms with Crippen molar-refractivity contribution in [2.24, 2.45) is 0 Å². The highest BCUT2D eigenvalue weighted by molar-refractivity contribution is 5.91. The fraction of sp³-hybridized carbons (Fsp3) is 0.400. The van der Waals surface area contributed by atoms with Crippen molar-refractivity contribution in [2.45, 2.75) is 25.3 Å². The van der Waals surface area contributed by atoms with E-state index in [0.717, 1.165) is 25.9 Å². The molecule has 1 aromatic carbocycles. The third-order valence-electron chi connectivity index (χ3n) is 4.80. The molecule has 0 atom stereocenters. The molecule has 26 heavy (non-hydrogen) atoms. The van der Waals surface area contributed by atoms with E-state index < -0.39 is 0 Å². The van der Waals surface area contributed by atoms with Gasteiger partial charge in [-0.05, 0) is 49.5 Å². The van der Waals surface area contributed by atoms with Crippen LogP contribution in [0.1, 0.15) is 40.6 Å². The number of hydrogen-bond donors (Lipinski definition) is 2. The van der Waals surface area contributed by atoms with Gasteiger partial charge in [-0.3, -0.25) is 14.5 Å². The van der Waals surface area contributed by atoms with Gasteiger partial charge in [0.25, 0.3) is 5.91 Å². The molecular weight excluding hydrogens is 330 g/mol. The van der Waals surface area contributed by atoms with Gasteiger partial charge in [0.15, 0.2) is 5.76 Å². The van der Waals surface area contributed by atoms with Gasteiger partial charge in [-0.1, -0.05) is 30.3 Å². The van der Waals surface area contributed by atoms with Crippen molar-refractivity contribution in [3.05, 3.63) is 59.5 Å². The summed E-state index contributed by atoms with van der Waals surface area (Å²) >= 11 is 0. The summed E-state index contributed by atoms with van der Waals surface area (Å²) in [6.07, 6.45) is 2.15. The van der Waals surface area contributed by atoms with Crippen LogP contribution < -0.4 is 10.6 Å². The Morgan fingerprint density at radius 1 is 1.12 bits per heavy atom. The van der Waals surface area contributed by atoms with Crippen molar-refractivity contribution in [3.8, 4) is 0 Å². The summed E-state index contributed by atoms with van der Waals surface area (Å²) < 4.78 is 5.40. The molecule has 1 fully saturated rings. The topological polar surface area (TPSA) is 74.6 Å². The molecule has 138 valence electrons. The number of likely N-dealkylation sites (tertiary alicyclic amines) is 1. The molecule has 3 rings (SSSR count). The second kappa shape index (κ2) is 8.67. The first-order chi connectivity index (χ1) is 12.7. The molecule has 6 nitrogen and oxygen atoms in total. The van der Waals surface area contributed by atoms with Gasteiger partial charge in [-0.25, -0.2) is 0 Å². The van der Waals surface area contributed by atoms with Crippen molar-refractivity contribution in [1.29, 1.82) is 0 Å². The van der Waals surface area contributed by atoms with Crippen LogP contribution in [-0.4, -0.2) is 43.4 Å².